The Morgan fingerprint density at radius 3 is 2.09 bits per heavy atom. The predicted molar refractivity (Wildman–Crippen MR) is 32.9 cm³/mol. The topological polar surface area (TPSA) is 6.48 Å². The van der Waals surface area contributed by atoms with Crippen LogP contribution in [0.5, 0.6) is 0 Å². The van der Waals surface area contributed by atoms with Gasteiger partial charge in [0.15, 0.2) is 0 Å². The molecule has 0 saturated carbocycles. The van der Waals surface area contributed by atoms with Crippen LogP contribution < -0.4 is 0 Å². The summed E-state index contributed by atoms with van der Waals surface area (Å²) in [5, 5.41) is 0. The smallest absolute Gasteiger partial charge is 0.349 e. The Morgan fingerprint density at radius 1 is 1.36 bits per heavy atom. The highest BCUT2D eigenvalue weighted by Gasteiger charge is 2.40. The average Bonchev–Trinajstić information content (AvgIpc) is 2.08. The van der Waals surface area contributed by atoms with Gasteiger partial charge in [0.1, 0.15) is 5.70 Å². The maximum absolute atomic E-state index is 12.0. The second-order valence-electron chi connectivity index (χ2n) is 2.28. The van der Waals surface area contributed by atoms with Gasteiger partial charge in [-0.2, -0.15) is 13.2 Å². The fourth-order valence-corrected chi connectivity index (χ4v) is 0.853. The quantitative estimate of drug-likeness (QED) is 0.531. The Morgan fingerprint density at radius 2 is 1.91 bits per heavy atom. The molecule has 0 amide bonds. The molecule has 0 aromatic heterocycles. The van der Waals surface area contributed by atoms with Gasteiger partial charge >= 0.3 is 6.18 Å². The van der Waals surface area contributed by atoms with Crippen molar-refractivity contribution in [1.29, 1.82) is 0 Å². The highest BCUT2D eigenvalue weighted by molar-refractivity contribution is 5.13. The molecule has 0 unspecified atom stereocenters. The van der Waals surface area contributed by atoms with Crippen LogP contribution >= 0.6 is 0 Å². The second kappa shape index (κ2) is 2.32. The van der Waals surface area contributed by atoms with Crippen molar-refractivity contribution in [1.82, 2.24) is 9.80 Å². The van der Waals surface area contributed by atoms with Gasteiger partial charge in [-0.3, -0.25) is 0 Å². The van der Waals surface area contributed by atoms with Gasteiger partial charge in [-0.1, -0.05) is 0 Å². The van der Waals surface area contributed by atoms with Crippen LogP contribution in [0.25, 0.3) is 0 Å². The zero-order chi connectivity index (χ0) is 8.65. The summed E-state index contributed by atoms with van der Waals surface area (Å²) in [7, 11) is 2.80. The molecule has 0 fully saturated rings. The lowest BCUT2D eigenvalue weighted by molar-refractivity contribution is -0.105. The van der Waals surface area contributed by atoms with Gasteiger partial charge in [-0.05, 0) is 0 Å². The standard InChI is InChI=1S/C6H7F3N2/c1-10-3-5(6(7,8)9)11(2)4-10/h3H,1-2H3. The number of rotatable bonds is 0. The number of hydrogen-bond acceptors (Lipinski definition) is 2. The van der Waals surface area contributed by atoms with Crippen molar-refractivity contribution < 1.29 is 13.2 Å². The Kier molecular flexibility index (Phi) is 1.74. The van der Waals surface area contributed by atoms with Gasteiger partial charge in [0, 0.05) is 20.3 Å². The lowest BCUT2D eigenvalue weighted by Crippen LogP contribution is -2.23. The normalized spacial score (nSPS) is 19.2. The fourth-order valence-electron chi connectivity index (χ4n) is 0.853. The second-order valence-corrected chi connectivity index (χ2v) is 2.28. The number of nitrogens with zero attached hydrogens (tertiary/aromatic N) is 2. The lowest BCUT2D eigenvalue weighted by Gasteiger charge is -2.15. The summed E-state index contributed by atoms with van der Waals surface area (Å²) in [6.45, 7) is 2.43. The minimum atomic E-state index is -4.29. The molecular weight excluding hydrogens is 157 g/mol. The van der Waals surface area contributed by atoms with E-state index in [1.54, 1.807) is 0 Å². The maximum atomic E-state index is 12.0. The van der Waals surface area contributed by atoms with Crippen LogP contribution in [-0.4, -0.2) is 30.1 Å². The van der Waals surface area contributed by atoms with Gasteiger partial charge in [0.2, 0.25) is 6.67 Å². The van der Waals surface area contributed by atoms with Gasteiger partial charge in [-0.25, -0.2) is 0 Å². The molecule has 11 heavy (non-hydrogen) atoms. The van der Waals surface area contributed by atoms with Crippen LogP contribution in [0.3, 0.4) is 0 Å². The van der Waals surface area contributed by atoms with Crippen LogP contribution in [0.2, 0.25) is 0 Å². The van der Waals surface area contributed by atoms with Crippen molar-refractivity contribution in [3.8, 4) is 0 Å². The zero-order valence-electron chi connectivity index (χ0n) is 6.11. The van der Waals surface area contributed by atoms with Crippen molar-refractivity contribution in [2.75, 3.05) is 14.1 Å². The predicted octanol–water partition coefficient (Wildman–Crippen LogP) is 1.26. The van der Waals surface area contributed by atoms with Crippen molar-refractivity contribution in [2.24, 2.45) is 0 Å². The molecule has 1 aliphatic rings. The minimum absolute atomic E-state index is 0.694. The number of hydrogen-bond donors (Lipinski definition) is 0. The first kappa shape index (κ1) is 8.23. The minimum Gasteiger partial charge on any atom is -0.349 e. The van der Waals surface area contributed by atoms with Crippen LogP contribution in [0.4, 0.5) is 13.2 Å². The summed E-state index contributed by atoms with van der Waals surface area (Å²) in [6.07, 6.45) is -3.30. The molecule has 0 bridgehead atoms. The molecule has 2 radical (unpaired) electrons. The fraction of sp³-hybridized carbons (Fsp3) is 0.500. The first-order chi connectivity index (χ1) is 4.91. The summed E-state index contributed by atoms with van der Waals surface area (Å²) >= 11 is 0. The lowest BCUT2D eigenvalue weighted by atomic mass is 10.4. The molecular formula is C6H7F3N2. The molecule has 1 aliphatic heterocycles. The largest absolute Gasteiger partial charge is 0.432 e. The van der Waals surface area contributed by atoms with E-state index in [0.717, 1.165) is 11.1 Å². The molecule has 0 atom stereocenters. The van der Waals surface area contributed by atoms with E-state index in [1.165, 1.54) is 19.0 Å². The van der Waals surface area contributed by atoms with Gasteiger partial charge in [0.25, 0.3) is 0 Å². The Bertz CT molecular complexity index is 185. The SMILES string of the molecule is CN1[C]N(C)C(C(F)(F)F)=C1. The number of halogens is 3. The van der Waals surface area contributed by atoms with E-state index in [1.807, 2.05) is 0 Å². The summed E-state index contributed by atoms with van der Waals surface area (Å²) in [4.78, 5) is 2.16. The molecule has 0 aromatic carbocycles. The van der Waals surface area contributed by atoms with Crippen LogP contribution in [0, 0.1) is 6.67 Å². The zero-order valence-corrected chi connectivity index (χ0v) is 6.11. The van der Waals surface area contributed by atoms with E-state index >= 15 is 0 Å². The highest BCUT2D eigenvalue weighted by Crippen LogP contribution is 2.31. The van der Waals surface area contributed by atoms with E-state index in [-0.39, 0.29) is 0 Å². The maximum Gasteiger partial charge on any atom is 0.432 e. The molecule has 0 saturated heterocycles. The Hall–Kier alpha value is -0.870. The van der Waals surface area contributed by atoms with E-state index in [4.69, 9.17) is 0 Å². The van der Waals surface area contributed by atoms with Gasteiger partial charge in [0.05, 0.1) is 0 Å². The molecule has 0 aromatic rings. The summed E-state index contributed by atoms with van der Waals surface area (Å²) in [5.74, 6) is 0. The third-order valence-electron chi connectivity index (χ3n) is 1.28. The van der Waals surface area contributed by atoms with Crippen molar-refractivity contribution >= 4 is 0 Å². The van der Waals surface area contributed by atoms with Crippen LogP contribution in [0.1, 0.15) is 0 Å². The molecule has 1 heterocycles. The highest BCUT2D eigenvalue weighted by atomic mass is 19.4. The third kappa shape index (κ3) is 1.58. The third-order valence-corrected chi connectivity index (χ3v) is 1.28. The average molecular weight is 164 g/mol. The monoisotopic (exact) mass is 164 g/mol. The van der Waals surface area contributed by atoms with Crippen molar-refractivity contribution in [2.45, 2.75) is 6.18 Å². The summed E-state index contributed by atoms with van der Waals surface area (Å²) < 4.78 is 36.0. The van der Waals surface area contributed by atoms with Crippen LogP contribution in [0.15, 0.2) is 11.9 Å². The van der Waals surface area contributed by atoms with Gasteiger partial charge < -0.3 is 9.80 Å². The molecule has 0 N–H and O–H groups in total. The van der Waals surface area contributed by atoms with Crippen molar-refractivity contribution in [3.63, 3.8) is 0 Å². The van der Waals surface area contributed by atoms with E-state index < -0.39 is 11.9 Å². The molecule has 0 aliphatic carbocycles. The molecule has 0 spiro atoms. The first-order valence-electron chi connectivity index (χ1n) is 2.93. The Balaban J connectivity index is 2.80. The van der Waals surface area contributed by atoms with Crippen LogP contribution in [-0.2, 0) is 0 Å². The molecule has 2 nitrogen and oxygen atoms in total. The van der Waals surface area contributed by atoms with E-state index in [9.17, 15) is 13.2 Å². The number of allylic oxidation sites excluding steroid dienone is 1. The van der Waals surface area contributed by atoms with E-state index in [0.29, 0.717) is 0 Å². The molecule has 62 valence electrons. The van der Waals surface area contributed by atoms with E-state index in [2.05, 4.69) is 6.67 Å². The van der Waals surface area contributed by atoms with Gasteiger partial charge in [-0.15, -0.1) is 0 Å². The number of alkyl halides is 3. The van der Waals surface area contributed by atoms with Crippen molar-refractivity contribution in [3.05, 3.63) is 18.6 Å². The summed E-state index contributed by atoms with van der Waals surface area (Å²) in [5.41, 5.74) is -0.694. The molecule has 5 heteroatoms. The molecule has 1 rings (SSSR count). The summed E-state index contributed by atoms with van der Waals surface area (Å²) in [6, 6.07) is 0. The first-order valence-corrected chi connectivity index (χ1v) is 2.93. The Labute approximate surface area is 62.9 Å².